The number of carbonyl (C=O) groups is 2. The third kappa shape index (κ3) is 7.77. The molecule has 0 radical (unpaired) electrons. The maximum Gasteiger partial charge on any atom is 0.305 e. The van der Waals surface area contributed by atoms with Crippen LogP contribution < -0.4 is 15.4 Å². The first-order valence-electron chi connectivity index (χ1n) is 11.9. The Morgan fingerprint density at radius 2 is 1.68 bits per heavy atom. The van der Waals surface area contributed by atoms with Gasteiger partial charge < -0.3 is 25.0 Å². The smallest absolute Gasteiger partial charge is 0.305 e. The molecule has 0 aliphatic carbocycles. The Bertz CT molecular complexity index is 1200. The lowest BCUT2D eigenvalue weighted by molar-refractivity contribution is -0.139. The first-order valence-corrected chi connectivity index (χ1v) is 12.9. The number of hydrogen-bond acceptors (Lipinski definition) is 7. The summed E-state index contributed by atoms with van der Waals surface area (Å²) in [6.45, 7) is 7.37. The Balaban J connectivity index is 1.65. The molecular weight excluding hydrogens is 496 g/mol. The second kappa shape index (κ2) is 12.7. The second-order valence-corrected chi connectivity index (χ2v) is 9.75. The number of carboxylic acid groups (broad SMARTS) is 1. The molecule has 37 heavy (non-hydrogen) atoms. The lowest BCUT2D eigenvalue weighted by atomic mass is 10.1. The van der Waals surface area contributed by atoms with E-state index >= 15 is 0 Å². The summed E-state index contributed by atoms with van der Waals surface area (Å²) < 4.78 is 30.2. The van der Waals surface area contributed by atoms with Crippen molar-refractivity contribution in [3.8, 4) is 17.6 Å². The highest BCUT2D eigenvalue weighted by atomic mass is 32.2. The van der Waals surface area contributed by atoms with Crippen molar-refractivity contribution in [2.75, 3.05) is 31.1 Å². The van der Waals surface area contributed by atoms with Gasteiger partial charge in [0.1, 0.15) is 5.75 Å². The molecule has 10 nitrogen and oxygen atoms in total. The molecule has 0 bridgehead atoms. The number of primary amides is 1. The van der Waals surface area contributed by atoms with E-state index in [0.29, 0.717) is 37.5 Å². The predicted octanol–water partition coefficient (Wildman–Crippen LogP) is 1.97. The highest BCUT2D eigenvalue weighted by Gasteiger charge is 2.28. The van der Waals surface area contributed by atoms with Crippen LogP contribution in [0.2, 0.25) is 0 Å². The summed E-state index contributed by atoms with van der Waals surface area (Å²) in [5, 5.41) is 10.7. The minimum Gasteiger partial charge on any atom is -0.759 e. The van der Waals surface area contributed by atoms with Crippen molar-refractivity contribution in [2.45, 2.75) is 39.3 Å². The van der Waals surface area contributed by atoms with Crippen molar-refractivity contribution in [1.29, 1.82) is 0 Å². The van der Waals surface area contributed by atoms with Crippen molar-refractivity contribution < 1.29 is 28.2 Å². The molecule has 2 aromatic carbocycles. The maximum absolute atomic E-state index is 11.8. The van der Waals surface area contributed by atoms with Gasteiger partial charge in [0.25, 0.3) is 5.91 Å². The van der Waals surface area contributed by atoms with E-state index in [1.54, 1.807) is 30.1 Å². The van der Waals surface area contributed by atoms with Gasteiger partial charge in [-0.05, 0) is 63.2 Å². The van der Waals surface area contributed by atoms with E-state index in [9.17, 15) is 18.4 Å². The van der Waals surface area contributed by atoms with Crippen molar-refractivity contribution in [3.63, 3.8) is 0 Å². The van der Waals surface area contributed by atoms with Crippen LogP contribution in [0.5, 0.6) is 5.75 Å². The SMILES string of the molecule is CC(C)Oc1ccc(C#Cc2ccc(N3CCN(N(C(C)CC(=O)O)S(=O)[O-])CC3)cc2)cc1C(N)=O. The van der Waals surface area contributed by atoms with Crippen LogP contribution in [-0.4, -0.2) is 73.5 Å². The fourth-order valence-corrected chi connectivity index (χ4v) is 4.78. The molecule has 1 saturated heterocycles. The van der Waals surface area contributed by atoms with Gasteiger partial charge in [-0.15, -0.1) is 0 Å². The fraction of sp³-hybridized carbons (Fsp3) is 0.385. The van der Waals surface area contributed by atoms with Gasteiger partial charge in [-0.3, -0.25) is 13.8 Å². The first-order chi connectivity index (χ1) is 17.5. The molecule has 1 fully saturated rings. The van der Waals surface area contributed by atoms with E-state index in [-0.39, 0.29) is 18.1 Å². The maximum atomic E-state index is 11.8. The number of hydrogen-bond donors (Lipinski definition) is 2. The summed E-state index contributed by atoms with van der Waals surface area (Å²) in [7, 11) is 0. The predicted molar refractivity (Wildman–Crippen MR) is 139 cm³/mol. The van der Waals surface area contributed by atoms with Gasteiger partial charge in [0.05, 0.1) is 18.1 Å². The normalized spacial score (nSPS) is 15.7. The highest BCUT2D eigenvalue weighted by molar-refractivity contribution is 7.76. The highest BCUT2D eigenvalue weighted by Crippen LogP contribution is 2.22. The second-order valence-electron chi connectivity index (χ2n) is 8.95. The molecular formula is C26H31N4O6S-. The molecule has 1 heterocycles. The minimum atomic E-state index is -2.55. The number of nitrogens with zero attached hydrogens (tertiary/aromatic N) is 3. The van der Waals surface area contributed by atoms with Crippen LogP contribution in [0.25, 0.3) is 0 Å². The van der Waals surface area contributed by atoms with Crippen molar-refractivity contribution in [2.24, 2.45) is 5.73 Å². The number of benzene rings is 2. The number of piperazine rings is 1. The fourth-order valence-electron chi connectivity index (χ4n) is 4.06. The number of aliphatic carboxylic acids is 1. The first kappa shape index (κ1) is 28.1. The number of carbonyl (C=O) groups excluding carboxylic acids is 1. The zero-order chi connectivity index (χ0) is 27.1. The minimum absolute atomic E-state index is 0.0911. The van der Waals surface area contributed by atoms with E-state index < -0.39 is 29.2 Å². The molecule has 0 saturated carbocycles. The van der Waals surface area contributed by atoms with E-state index in [4.69, 9.17) is 15.6 Å². The van der Waals surface area contributed by atoms with Crippen LogP contribution >= 0.6 is 0 Å². The molecule has 0 aromatic heterocycles. The number of carboxylic acids is 1. The van der Waals surface area contributed by atoms with Gasteiger partial charge in [-0.1, -0.05) is 11.8 Å². The van der Waals surface area contributed by atoms with Crippen LogP contribution in [0.3, 0.4) is 0 Å². The summed E-state index contributed by atoms with van der Waals surface area (Å²) in [6, 6.07) is 12.1. The van der Waals surface area contributed by atoms with Crippen LogP contribution in [-0.2, 0) is 16.1 Å². The number of hydrazine groups is 1. The van der Waals surface area contributed by atoms with Crippen molar-refractivity contribution >= 4 is 28.8 Å². The van der Waals surface area contributed by atoms with E-state index in [1.165, 1.54) is 0 Å². The zero-order valence-corrected chi connectivity index (χ0v) is 21.9. The quantitative estimate of drug-likeness (QED) is 0.373. The number of nitrogens with two attached hydrogens (primary N) is 1. The van der Waals surface area contributed by atoms with E-state index in [1.807, 2.05) is 38.1 Å². The number of amides is 1. The molecule has 1 amide bonds. The standard InChI is InChI=1S/C26H32N4O6S/c1-18(2)36-24-11-8-21(17-23(24)26(27)33)5-4-20-6-9-22(10-7-20)28-12-14-29(15-13-28)30(37(34)35)19(3)16-25(31)32/h6-11,17-19H,12-16H2,1-3H3,(H2,27,33)(H,31,32)(H,34,35)/p-1. The summed E-state index contributed by atoms with van der Waals surface area (Å²) in [4.78, 5) is 25.0. The molecule has 198 valence electrons. The number of anilines is 1. The molecule has 3 rings (SSSR count). The third-order valence-corrected chi connectivity index (χ3v) is 6.62. The Morgan fingerprint density at radius 1 is 1.08 bits per heavy atom. The largest absolute Gasteiger partial charge is 0.759 e. The Labute approximate surface area is 219 Å². The summed E-state index contributed by atoms with van der Waals surface area (Å²) in [6.07, 6.45) is -0.359. The van der Waals surface area contributed by atoms with E-state index in [0.717, 1.165) is 15.7 Å². The topological polar surface area (TPSA) is 139 Å². The summed E-state index contributed by atoms with van der Waals surface area (Å²) in [5.74, 6) is 4.94. The Morgan fingerprint density at radius 3 is 2.22 bits per heavy atom. The van der Waals surface area contributed by atoms with Crippen LogP contribution in [0, 0.1) is 11.8 Å². The molecule has 11 heteroatoms. The molecule has 1 aliphatic rings. The third-order valence-electron chi connectivity index (χ3n) is 5.73. The monoisotopic (exact) mass is 527 g/mol. The molecule has 3 N–H and O–H groups in total. The lowest BCUT2D eigenvalue weighted by Crippen LogP contribution is -2.57. The average molecular weight is 528 g/mol. The molecule has 0 spiro atoms. The van der Waals surface area contributed by atoms with Gasteiger partial charge in [0.15, 0.2) is 0 Å². The number of ether oxygens (including phenoxy) is 1. The van der Waals surface area contributed by atoms with Gasteiger partial charge >= 0.3 is 5.97 Å². The van der Waals surface area contributed by atoms with Crippen molar-refractivity contribution in [1.82, 2.24) is 9.42 Å². The van der Waals surface area contributed by atoms with Gasteiger partial charge in [-0.2, -0.15) is 4.41 Å². The average Bonchev–Trinajstić information content (AvgIpc) is 2.83. The molecule has 2 aromatic rings. The number of rotatable bonds is 9. The van der Waals surface area contributed by atoms with Gasteiger partial charge in [0, 0.05) is 60.3 Å². The van der Waals surface area contributed by atoms with Crippen LogP contribution in [0.4, 0.5) is 5.69 Å². The van der Waals surface area contributed by atoms with Gasteiger partial charge in [0.2, 0.25) is 0 Å². The molecule has 1 aliphatic heterocycles. The molecule has 2 atom stereocenters. The lowest BCUT2D eigenvalue weighted by Gasteiger charge is -2.44. The van der Waals surface area contributed by atoms with Gasteiger partial charge in [-0.25, -0.2) is 5.01 Å². The van der Waals surface area contributed by atoms with E-state index in [2.05, 4.69) is 16.7 Å². The zero-order valence-electron chi connectivity index (χ0n) is 21.0. The van der Waals surface area contributed by atoms with Crippen molar-refractivity contribution in [3.05, 3.63) is 59.2 Å². The Kier molecular flexibility index (Phi) is 9.66. The summed E-state index contributed by atoms with van der Waals surface area (Å²) >= 11 is -2.55. The Hall–Kier alpha value is -3.43. The summed E-state index contributed by atoms with van der Waals surface area (Å²) in [5.41, 5.74) is 8.19. The molecule has 2 unspecified atom stereocenters. The van der Waals surface area contributed by atoms with Crippen LogP contribution in [0.1, 0.15) is 48.7 Å². The van der Waals surface area contributed by atoms with Crippen LogP contribution in [0.15, 0.2) is 42.5 Å².